The Bertz CT molecular complexity index is 808. The number of benzene rings is 1. The summed E-state index contributed by atoms with van der Waals surface area (Å²) in [5.41, 5.74) is 1.28. The third kappa shape index (κ3) is 4.76. The summed E-state index contributed by atoms with van der Waals surface area (Å²) in [4.78, 5) is 28.1. The number of rotatable bonds is 5. The summed E-state index contributed by atoms with van der Waals surface area (Å²) in [5.74, 6) is -1.90. The molecule has 132 valence electrons. The van der Waals surface area contributed by atoms with Gasteiger partial charge in [-0.15, -0.1) is 0 Å². The van der Waals surface area contributed by atoms with Gasteiger partial charge in [0, 0.05) is 6.20 Å². The van der Waals surface area contributed by atoms with Crippen LogP contribution in [0.15, 0.2) is 30.5 Å². The third-order valence-electron chi connectivity index (χ3n) is 3.28. The highest BCUT2D eigenvalue weighted by atomic mass is 35.5. The summed E-state index contributed by atoms with van der Waals surface area (Å²) in [7, 11) is 1.21. The second-order valence-corrected chi connectivity index (χ2v) is 6.02. The second kappa shape index (κ2) is 8.07. The van der Waals surface area contributed by atoms with E-state index in [1.54, 1.807) is 19.9 Å². The van der Waals surface area contributed by atoms with Crippen LogP contribution in [0.25, 0.3) is 0 Å². The lowest BCUT2D eigenvalue weighted by Crippen LogP contribution is -2.18. The van der Waals surface area contributed by atoms with Crippen molar-refractivity contribution in [3.63, 3.8) is 0 Å². The van der Waals surface area contributed by atoms with Crippen molar-refractivity contribution in [2.45, 2.75) is 26.4 Å². The molecule has 1 heterocycles. The molecule has 0 fully saturated rings. The molecule has 0 amide bonds. The molecule has 0 aliphatic carbocycles. The van der Waals surface area contributed by atoms with Crippen molar-refractivity contribution in [1.29, 1.82) is 0 Å². The second-order valence-electron chi connectivity index (χ2n) is 5.61. The van der Waals surface area contributed by atoms with Gasteiger partial charge in [-0.05, 0) is 49.6 Å². The molecule has 25 heavy (non-hydrogen) atoms. The highest BCUT2D eigenvalue weighted by Gasteiger charge is 2.22. The van der Waals surface area contributed by atoms with Crippen LogP contribution in [0.4, 0.5) is 4.39 Å². The standard InChI is InChI=1S/C18H17ClFNO4/c1-10(2)25-18(23)16-13(17(22)24-3)7-12(9-21-16)6-11-4-5-15(20)14(19)8-11/h4-5,7-10H,6H2,1-3H3. The molecule has 1 aromatic carbocycles. The van der Waals surface area contributed by atoms with E-state index in [-0.39, 0.29) is 22.4 Å². The number of hydrogen-bond donors (Lipinski definition) is 0. The van der Waals surface area contributed by atoms with Gasteiger partial charge in [0.1, 0.15) is 5.82 Å². The maximum Gasteiger partial charge on any atom is 0.358 e. The molecular weight excluding hydrogens is 349 g/mol. The zero-order chi connectivity index (χ0) is 18.6. The number of methoxy groups -OCH3 is 1. The quantitative estimate of drug-likeness (QED) is 0.754. The minimum Gasteiger partial charge on any atom is -0.465 e. The highest BCUT2D eigenvalue weighted by Crippen LogP contribution is 2.20. The summed E-state index contributed by atoms with van der Waals surface area (Å²) in [6, 6.07) is 5.85. The van der Waals surface area contributed by atoms with E-state index in [2.05, 4.69) is 4.98 Å². The van der Waals surface area contributed by atoms with Gasteiger partial charge in [0.05, 0.1) is 23.8 Å². The molecular formula is C18H17ClFNO4. The fraction of sp³-hybridized carbons (Fsp3) is 0.278. The molecule has 7 heteroatoms. The van der Waals surface area contributed by atoms with Crippen LogP contribution in [0.2, 0.25) is 5.02 Å². The first-order valence-corrected chi connectivity index (χ1v) is 7.91. The average molecular weight is 366 g/mol. The Morgan fingerprint density at radius 2 is 1.92 bits per heavy atom. The lowest BCUT2D eigenvalue weighted by Gasteiger charge is -2.11. The van der Waals surface area contributed by atoms with Gasteiger partial charge in [-0.1, -0.05) is 17.7 Å². The van der Waals surface area contributed by atoms with E-state index in [9.17, 15) is 14.0 Å². The topological polar surface area (TPSA) is 65.5 Å². The van der Waals surface area contributed by atoms with E-state index < -0.39 is 17.8 Å². The van der Waals surface area contributed by atoms with Crippen molar-refractivity contribution < 1.29 is 23.5 Å². The lowest BCUT2D eigenvalue weighted by atomic mass is 10.0. The average Bonchev–Trinajstić information content (AvgIpc) is 2.56. The fourth-order valence-corrected chi connectivity index (χ4v) is 2.39. The summed E-state index contributed by atoms with van der Waals surface area (Å²) >= 11 is 5.77. The smallest absolute Gasteiger partial charge is 0.358 e. The van der Waals surface area contributed by atoms with Gasteiger partial charge in [-0.3, -0.25) is 0 Å². The van der Waals surface area contributed by atoms with Crippen molar-refractivity contribution >= 4 is 23.5 Å². The van der Waals surface area contributed by atoms with Crippen molar-refractivity contribution in [3.8, 4) is 0 Å². The highest BCUT2D eigenvalue weighted by molar-refractivity contribution is 6.30. The van der Waals surface area contributed by atoms with Crippen molar-refractivity contribution in [2.24, 2.45) is 0 Å². The van der Waals surface area contributed by atoms with Crippen LogP contribution in [-0.2, 0) is 15.9 Å². The Labute approximate surface area is 149 Å². The van der Waals surface area contributed by atoms with Gasteiger partial charge in [-0.2, -0.15) is 0 Å². The number of esters is 2. The molecule has 0 saturated carbocycles. The normalized spacial score (nSPS) is 10.6. The molecule has 0 radical (unpaired) electrons. The van der Waals surface area contributed by atoms with E-state index in [0.29, 0.717) is 12.0 Å². The maximum atomic E-state index is 13.2. The fourth-order valence-electron chi connectivity index (χ4n) is 2.19. The minimum absolute atomic E-state index is 0.00998. The number of carbonyl (C=O) groups is 2. The molecule has 2 rings (SSSR count). The summed E-state index contributed by atoms with van der Waals surface area (Å²) < 4.78 is 23.0. The van der Waals surface area contributed by atoms with E-state index in [4.69, 9.17) is 21.1 Å². The van der Waals surface area contributed by atoms with Crippen LogP contribution in [0.3, 0.4) is 0 Å². The van der Waals surface area contributed by atoms with Gasteiger partial charge < -0.3 is 9.47 Å². The Morgan fingerprint density at radius 3 is 2.52 bits per heavy atom. The molecule has 2 aromatic rings. The van der Waals surface area contributed by atoms with Crippen LogP contribution in [-0.4, -0.2) is 30.1 Å². The van der Waals surface area contributed by atoms with Crippen molar-refractivity contribution in [1.82, 2.24) is 4.98 Å². The van der Waals surface area contributed by atoms with Gasteiger partial charge in [0.15, 0.2) is 5.69 Å². The van der Waals surface area contributed by atoms with E-state index in [1.165, 1.54) is 31.5 Å². The van der Waals surface area contributed by atoms with Crippen LogP contribution in [0, 0.1) is 5.82 Å². The lowest BCUT2D eigenvalue weighted by molar-refractivity contribution is 0.0360. The molecule has 0 bridgehead atoms. The van der Waals surface area contributed by atoms with E-state index >= 15 is 0 Å². The molecule has 0 saturated heterocycles. The monoisotopic (exact) mass is 365 g/mol. The van der Waals surface area contributed by atoms with Gasteiger partial charge in [-0.25, -0.2) is 19.0 Å². The Morgan fingerprint density at radius 1 is 1.20 bits per heavy atom. The number of carbonyl (C=O) groups excluding carboxylic acids is 2. The maximum absolute atomic E-state index is 13.2. The molecule has 0 aliphatic rings. The van der Waals surface area contributed by atoms with Crippen molar-refractivity contribution in [2.75, 3.05) is 7.11 Å². The molecule has 0 unspecified atom stereocenters. The Hall–Kier alpha value is -2.47. The first-order valence-electron chi connectivity index (χ1n) is 7.54. The summed E-state index contributed by atoms with van der Waals surface area (Å²) in [6.07, 6.45) is 1.47. The zero-order valence-electron chi connectivity index (χ0n) is 14.0. The molecule has 0 N–H and O–H groups in total. The number of aromatic nitrogens is 1. The van der Waals surface area contributed by atoms with Crippen molar-refractivity contribution in [3.05, 3.63) is 63.7 Å². The minimum atomic E-state index is -0.702. The number of ether oxygens (including phenoxy) is 2. The molecule has 0 atom stereocenters. The largest absolute Gasteiger partial charge is 0.465 e. The molecule has 0 spiro atoms. The van der Waals surface area contributed by atoms with Gasteiger partial charge in [0.2, 0.25) is 0 Å². The predicted molar refractivity (Wildman–Crippen MR) is 90.3 cm³/mol. The van der Waals surface area contributed by atoms with Crippen LogP contribution < -0.4 is 0 Å². The van der Waals surface area contributed by atoms with Crippen LogP contribution >= 0.6 is 11.6 Å². The number of pyridine rings is 1. The number of halogens is 2. The molecule has 5 nitrogen and oxygen atoms in total. The molecule has 1 aromatic heterocycles. The Balaban J connectivity index is 2.36. The summed E-state index contributed by atoms with van der Waals surface area (Å²) in [6.45, 7) is 3.39. The number of nitrogens with zero attached hydrogens (tertiary/aromatic N) is 1. The van der Waals surface area contributed by atoms with E-state index in [1.807, 2.05) is 0 Å². The number of hydrogen-bond acceptors (Lipinski definition) is 5. The SMILES string of the molecule is COC(=O)c1cc(Cc2ccc(F)c(Cl)c2)cnc1C(=O)OC(C)C. The first kappa shape index (κ1) is 18.9. The third-order valence-corrected chi connectivity index (χ3v) is 3.57. The van der Waals surface area contributed by atoms with Gasteiger partial charge in [0.25, 0.3) is 0 Å². The Kier molecular flexibility index (Phi) is 6.09. The van der Waals surface area contributed by atoms with Crippen LogP contribution in [0.1, 0.15) is 45.8 Å². The van der Waals surface area contributed by atoms with Crippen LogP contribution in [0.5, 0.6) is 0 Å². The van der Waals surface area contributed by atoms with Gasteiger partial charge >= 0.3 is 11.9 Å². The predicted octanol–water partition coefficient (Wildman–Crippen LogP) is 3.82. The van der Waals surface area contributed by atoms with E-state index in [0.717, 1.165) is 5.56 Å². The molecule has 0 aliphatic heterocycles. The zero-order valence-corrected chi connectivity index (χ0v) is 14.8. The summed E-state index contributed by atoms with van der Waals surface area (Å²) in [5, 5.41) is 0.00998. The first-order chi connectivity index (χ1) is 11.8.